The molecule has 0 saturated heterocycles. The number of nitrogens with zero attached hydrogens (tertiary/aromatic N) is 2. The molecule has 0 spiro atoms. The number of nitrogen functional groups attached to an aromatic ring is 1. The van der Waals surface area contributed by atoms with Crippen LogP contribution < -0.4 is 10.5 Å². The average Bonchev–Trinajstić information content (AvgIpc) is 2.30. The molecule has 2 aromatic heterocycles. The highest BCUT2D eigenvalue weighted by atomic mass is 32.2. The van der Waals surface area contributed by atoms with Crippen molar-refractivity contribution in [3.8, 4) is 0 Å². The van der Waals surface area contributed by atoms with Crippen LogP contribution in [0.5, 0.6) is 0 Å². The maximum absolute atomic E-state index is 11.9. The predicted octanol–water partition coefficient (Wildman–Crippen LogP) is 0.860. The monoisotopic (exact) mass is 250 g/mol. The van der Waals surface area contributed by atoms with Crippen LogP contribution >= 0.6 is 0 Å². The summed E-state index contributed by atoms with van der Waals surface area (Å²) in [6, 6.07) is 7.73. The van der Waals surface area contributed by atoms with E-state index in [1.165, 1.54) is 24.5 Å². The quantitative estimate of drug-likeness (QED) is 0.841. The van der Waals surface area contributed by atoms with Gasteiger partial charge < -0.3 is 5.73 Å². The van der Waals surface area contributed by atoms with Crippen LogP contribution in [-0.4, -0.2) is 18.4 Å². The fourth-order valence-electron chi connectivity index (χ4n) is 1.16. The predicted molar refractivity (Wildman–Crippen MR) is 63.7 cm³/mol. The Bertz CT molecular complexity index is 596. The summed E-state index contributed by atoms with van der Waals surface area (Å²) in [6.07, 6.45) is 2.78. The molecule has 17 heavy (non-hydrogen) atoms. The van der Waals surface area contributed by atoms with E-state index in [9.17, 15) is 8.42 Å². The largest absolute Gasteiger partial charge is 0.397 e. The number of anilines is 2. The number of nitrogens with two attached hydrogens (primary N) is 1. The normalized spacial score (nSPS) is 11.1. The third-order valence-corrected chi connectivity index (χ3v) is 3.21. The first kappa shape index (κ1) is 11.3. The molecular formula is C10H10N4O2S. The molecule has 6 nitrogen and oxygen atoms in total. The van der Waals surface area contributed by atoms with Crippen molar-refractivity contribution in [2.75, 3.05) is 10.5 Å². The zero-order chi connectivity index (χ0) is 12.3. The van der Waals surface area contributed by atoms with Gasteiger partial charge in [-0.25, -0.2) is 9.97 Å². The van der Waals surface area contributed by atoms with Crippen molar-refractivity contribution >= 4 is 21.5 Å². The van der Waals surface area contributed by atoms with E-state index < -0.39 is 10.0 Å². The van der Waals surface area contributed by atoms with Gasteiger partial charge in [0.05, 0.1) is 11.9 Å². The van der Waals surface area contributed by atoms with Crippen molar-refractivity contribution in [3.63, 3.8) is 0 Å². The molecular weight excluding hydrogens is 240 g/mol. The summed E-state index contributed by atoms with van der Waals surface area (Å²) in [6.45, 7) is 0. The first-order chi connectivity index (χ1) is 8.08. The first-order valence-electron chi connectivity index (χ1n) is 4.73. The Hall–Kier alpha value is -2.15. The summed E-state index contributed by atoms with van der Waals surface area (Å²) in [5, 5.41) is -0.0997. The Kier molecular flexibility index (Phi) is 2.92. The second kappa shape index (κ2) is 4.38. The zero-order valence-corrected chi connectivity index (χ0v) is 9.55. The molecule has 0 atom stereocenters. The molecule has 2 heterocycles. The number of hydrogen-bond acceptors (Lipinski definition) is 5. The minimum Gasteiger partial charge on any atom is -0.397 e. The highest BCUT2D eigenvalue weighted by molar-refractivity contribution is 7.92. The minimum absolute atomic E-state index is 0.0997. The summed E-state index contributed by atoms with van der Waals surface area (Å²) >= 11 is 0. The van der Waals surface area contributed by atoms with Crippen LogP contribution in [-0.2, 0) is 10.0 Å². The van der Waals surface area contributed by atoms with Gasteiger partial charge in [-0.05, 0) is 24.3 Å². The van der Waals surface area contributed by atoms with Crippen LogP contribution in [0.1, 0.15) is 0 Å². The van der Waals surface area contributed by atoms with Gasteiger partial charge in [0, 0.05) is 6.20 Å². The van der Waals surface area contributed by atoms with E-state index in [1.807, 2.05) is 0 Å². The molecule has 0 aromatic carbocycles. The Balaban J connectivity index is 2.29. The molecule has 0 aliphatic carbocycles. The number of nitrogens with one attached hydrogen (secondary N) is 1. The number of hydrogen-bond donors (Lipinski definition) is 2. The van der Waals surface area contributed by atoms with Gasteiger partial charge in [0.1, 0.15) is 5.82 Å². The summed E-state index contributed by atoms with van der Waals surface area (Å²) in [5.74, 6) is 0.242. The molecule has 0 amide bonds. The fraction of sp³-hybridized carbons (Fsp3) is 0. The Morgan fingerprint density at radius 2 is 1.94 bits per heavy atom. The summed E-state index contributed by atoms with van der Waals surface area (Å²) in [5.41, 5.74) is 5.84. The third kappa shape index (κ3) is 2.70. The van der Waals surface area contributed by atoms with Gasteiger partial charge in [0.15, 0.2) is 5.03 Å². The molecule has 0 aliphatic rings. The Labute approximate surface area is 98.6 Å². The standard InChI is InChI=1S/C10H10N4O2S/c11-8-4-5-10(13-7-8)17(15,16)14-9-3-1-2-6-12-9/h1-7H,11H2,(H,12,14). The molecule has 2 rings (SSSR count). The molecule has 3 N–H and O–H groups in total. The highest BCUT2D eigenvalue weighted by Gasteiger charge is 2.15. The topological polar surface area (TPSA) is 98.0 Å². The van der Waals surface area contributed by atoms with Crippen molar-refractivity contribution in [2.24, 2.45) is 0 Å². The van der Waals surface area contributed by atoms with Crippen LogP contribution in [0.25, 0.3) is 0 Å². The molecule has 7 heteroatoms. The second-order valence-corrected chi connectivity index (χ2v) is 4.88. The van der Waals surface area contributed by atoms with Crippen LogP contribution in [0.2, 0.25) is 0 Å². The molecule has 0 aliphatic heterocycles. The lowest BCUT2D eigenvalue weighted by Crippen LogP contribution is -2.15. The number of pyridine rings is 2. The van der Waals surface area contributed by atoms with Crippen LogP contribution in [0.3, 0.4) is 0 Å². The van der Waals surface area contributed by atoms with Gasteiger partial charge in [0.2, 0.25) is 0 Å². The van der Waals surface area contributed by atoms with Crippen LogP contribution in [0.4, 0.5) is 11.5 Å². The fourth-order valence-corrected chi connectivity index (χ4v) is 2.10. The lowest BCUT2D eigenvalue weighted by Gasteiger charge is -2.05. The Morgan fingerprint density at radius 3 is 2.53 bits per heavy atom. The molecule has 0 bridgehead atoms. The van der Waals surface area contributed by atoms with E-state index in [4.69, 9.17) is 5.73 Å². The van der Waals surface area contributed by atoms with E-state index >= 15 is 0 Å². The highest BCUT2D eigenvalue weighted by Crippen LogP contribution is 2.12. The average molecular weight is 250 g/mol. The van der Waals surface area contributed by atoms with Crippen molar-refractivity contribution in [1.82, 2.24) is 9.97 Å². The molecule has 2 aromatic rings. The molecule has 0 unspecified atom stereocenters. The van der Waals surface area contributed by atoms with Crippen molar-refractivity contribution in [3.05, 3.63) is 42.7 Å². The summed E-state index contributed by atoms with van der Waals surface area (Å²) in [7, 11) is -3.71. The van der Waals surface area contributed by atoms with E-state index in [2.05, 4.69) is 14.7 Å². The van der Waals surface area contributed by atoms with Gasteiger partial charge in [-0.1, -0.05) is 6.07 Å². The SMILES string of the molecule is Nc1ccc(S(=O)(=O)Nc2ccccn2)nc1. The van der Waals surface area contributed by atoms with Gasteiger partial charge >= 0.3 is 0 Å². The first-order valence-corrected chi connectivity index (χ1v) is 6.22. The molecule has 0 fully saturated rings. The van der Waals surface area contributed by atoms with E-state index in [-0.39, 0.29) is 10.8 Å². The number of aromatic nitrogens is 2. The van der Waals surface area contributed by atoms with Crippen LogP contribution in [0, 0.1) is 0 Å². The third-order valence-electron chi connectivity index (χ3n) is 1.94. The van der Waals surface area contributed by atoms with Crippen LogP contribution in [0.15, 0.2) is 47.8 Å². The van der Waals surface area contributed by atoms with Crippen molar-refractivity contribution in [1.29, 1.82) is 0 Å². The minimum atomic E-state index is -3.71. The van der Waals surface area contributed by atoms with Gasteiger partial charge in [-0.15, -0.1) is 0 Å². The van der Waals surface area contributed by atoms with Crippen molar-refractivity contribution in [2.45, 2.75) is 5.03 Å². The van der Waals surface area contributed by atoms with Crippen molar-refractivity contribution < 1.29 is 8.42 Å². The lowest BCUT2D eigenvalue weighted by molar-refractivity contribution is 0.597. The molecule has 0 saturated carbocycles. The Morgan fingerprint density at radius 1 is 1.12 bits per heavy atom. The summed E-state index contributed by atoms with van der Waals surface area (Å²) < 4.78 is 26.0. The zero-order valence-electron chi connectivity index (χ0n) is 8.74. The van der Waals surface area contributed by atoms with Gasteiger partial charge in [-0.2, -0.15) is 8.42 Å². The van der Waals surface area contributed by atoms with E-state index in [1.54, 1.807) is 18.2 Å². The smallest absolute Gasteiger partial charge is 0.280 e. The van der Waals surface area contributed by atoms with Gasteiger partial charge in [0.25, 0.3) is 10.0 Å². The maximum Gasteiger partial charge on any atom is 0.280 e. The van der Waals surface area contributed by atoms with Gasteiger partial charge in [-0.3, -0.25) is 4.72 Å². The summed E-state index contributed by atoms with van der Waals surface area (Å²) in [4.78, 5) is 7.61. The number of rotatable bonds is 3. The maximum atomic E-state index is 11.9. The van der Waals surface area contributed by atoms with E-state index in [0.29, 0.717) is 5.69 Å². The second-order valence-electron chi connectivity index (χ2n) is 3.25. The van der Waals surface area contributed by atoms with E-state index in [0.717, 1.165) is 0 Å². The lowest BCUT2D eigenvalue weighted by atomic mass is 10.4. The molecule has 0 radical (unpaired) electrons. The molecule has 88 valence electrons. The number of sulfonamides is 1.